The van der Waals surface area contributed by atoms with Crippen molar-refractivity contribution >= 4 is 28.5 Å². The van der Waals surface area contributed by atoms with Gasteiger partial charge in [0.25, 0.3) is 11.8 Å². The number of aromatic nitrogens is 1. The molecule has 0 aliphatic rings. The number of anilines is 1. The number of primary amides is 1. The van der Waals surface area contributed by atoms with E-state index < -0.39 is 29.3 Å². The van der Waals surface area contributed by atoms with Gasteiger partial charge in [-0.05, 0) is 36.4 Å². The van der Waals surface area contributed by atoms with Gasteiger partial charge in [-0.15, -0.1) is 0 Å². The number of carbonyl (C=O) groups is 2. The molecule has 0 saturated carbocycles. The number of benzene rings is 2. The van der Waals surface area contributed by atoms with Crippen molar-refractivity contribution in [1.29, 1.82) is 0 Å². The average molecular weight is 427 g/mol. The van der Waals surface area contributed by atoms with Crippen LogP contribution in [0, 0.1) is 17.5 Å². The second-order valence-corrected chi connectivity index (χ2v) is 6.33. The summed E-state index contributed by atoms with van der Waals surface area (Å²) in [7, 11) is 0. The van der Waals surface area contributed by atoms with Gasteiger partial charge in [-0.2, -0.15) is 0 Å². The van der Waals surface area contributed by atoms with E-state index in [0.29, 0.717) is 6.07 Å². The highest BCUT2D eigenvalue weighted by atomic mass is 19.1. The topological polar surface area (TPSA) is 107 Å². The quantitative estimate of drug-likeness (QED) is 0.491. The van der Waals surface area contributed by atoms with E-state index in [0.717, 1.165) is 30.5 Å². The Morgan fingerprint density at radius 3 is 2.42 bits per heavy atom. The standard InChI is InChI=1S/C21H12F3N3O4/c22-11-2-4-15-13(7-11)18(19(31-15)20(25)28)27-21(29)10-1-6-17(26-9-10)30-16-5-3-12(23)8-14(16)24/h1-9H,(H2,25,28)(H,27,29). The summed E-state index contributed by atoms with van der Waals surface area (Å²) in [5, 5.41) is 2.61. The van der Waals surface area contributed by atoms with Crippen LogP contribution in [0.15, 0.2) is 59.1 Å². The van der Waals surface area contributed by atoms with Crippen molar-refractivity contribution in [2.45, 2.75) is 0 Å². The number of halogens is 3. The molecule has 0 atom stereocenters. The molecule has 0 radical (unpaired) electrons. The van der Waals surface area contributed by atoms with E-state index in [1.807, 2.05) is 0 Å². The maximum atomic E-state index is 13.7. The molecule has 0 fully saturated rings. The molecule has 2 heterocycles. The summed E-state index contributed by atoms with van der Waals surface area (Å²) in [6.07, 6.45) is 1.14. The summed E-state index contributed by atoms with van der Waals surface area (Å²) in [6, 6.07) is 8.92. The summed E-state index contributed by atoms with van der Waals surface area (Å²) in [5.74, 6) is -4.55. The number of nitrogens with zero attached hydrogens (tertiary/aromatic N) is 1. The van der Waals surface area contributed by atoms with Crippen LogP contribution in [0.2, 0.25) is 0 Å². The number of amides is 2. The zero-order valence-electron chi connectivity index (χ0n) is 15.5. The molecule has 0 unspecified atom stereocenters. The predicted octanol–water partition coefficient (Wildman–Crippen LogP) is 4.39. The van der Waals surface area contributed by atoms with Gasteiger partial charge in [-0.1, -0.05) is 0 Å². The van der Waals surface area contributed by atoms with Crippen LogP contribution in [0.25, 0.3) is 11.0 Å². The van der Waals surface area contributed by atoms with Gasteiger partial charge in [0.15, 0.2) is 11.6 Å². The molecular formula is C21H12F3N3O4. The van der Waals surface area contributed by atoms with Crippen LogP contribution in [0.1, 0.15) is 20.9 Å². The number of fused-ring (bicyclic) bond motifs is 1. The molecule has 0 aliphatic heterocycles. The third-order valence-electron chi connectivity index (χ3n) is 4.22. The number of furan rings is 1. The Bertz CT molecular complexity index is 1320. The maximum absolute atomic E-state index is 13.7. The lowest BCUT2D eigenvalue weighted by molar-refractivity contribution is 0.0977. The van der Waals surface area contributed by atoms with Crippen LogP contribution >= 0.6 is 0 Å². The van der Waals surface area contributed by atoms with E-state index in [-0.39, 0.29) is 39.6 Å². The molecule has 0 saturated heterocycles. The van der Waals surface area contributed by atoms with Crippen LogP contribution in [0.3, 0.4) is 0 Å². The minimum absolute atomic E-state index is 0.0456. The number of carbonyl (C=O) groups excluding carboxylic acids is 2. The van der Waals surface area contributed by atoms with Crippen molar-refractivity contribution in [3.63, 3.8) is 0 Å². The normalized spacial score (nSPS) is 10.8. The Morgan fingerprint density at radius 2 is 1.74 bits per heavy atom. The molecule has 10 heteroatoms. The molecule has 2 aromatic carbocycles. The highest BCUT2D eigenvalue weighted by Gasteiger charge is 2.21. The van der Waals surface area contributed by atoms with Gasteiger partial charge in [0.05, 0.1) is 5.56 Å². The Labute approximate surface area is 172 Å². The van der Waals surface area contributed by atoms with E-state index in [9.17, 15) is 22.8 Å². The smallest absolute Gasteiger partial charge is 0.286 e. The zero-order valence-corrected chi connectivity index (χ0v) is 15.5. The Morgan fingerprint density at radius 1 is 1.00 bits per heavy atom. The fraction of sp³-hybridized carbons (Fsp3) is 0. The molecule has 31 heavy (non-hydrogen) atoms. The second-order valence-electron chi connectivity index (χ2n) is 6.33. The fourth-order valence-corrected chi connectivity index (χ4v) is 2.80. The number of ether oxygens (including phenoxy) is 1. The second kappa shape index (κ2) is 7.82. The first-order valence-electron chi connectivity index (χ1n) is 8.74. The van der Waals surface area contributed by atoms with E-state index in [1.165, 1.54) is 18.2 Å². The first-order valence-corrected chi connectivity index (χ1v) is 8.74. The van der Waals surface area contributed by atoms with Gasteiger partial charge in [0, 0.05) is 23.7 Å². The van der Waals surface area contributed by atoms with Gasteiger partial charge < -0.3 is 20.2 Å². The number of hydrogen-bond donors (Lipinski definition) is 2. The van der Waals surface area contributed by atoms with Gasteiger partial charge in [0.2, 0.25) is 11.6 Å². The van der Waals surface area contributed by atoms with Crippen molar-refractivity contribution in [2.75, 3.05) is 5.32 Å². The summed E-state index contributed by atoms with van der Waals surface area (Å²) < 4.78 is 50.8. The summed E-state index contributed by atoms with van der Waals surface area (Å²) >= 11 is 0. The third kappa shape index (κ3) is 4.04. The molecule has 2 aromatic heterocycles. The highest BCUT2D eigenvalue weighted by molar-refractivity contribution is 6.14. The average Bonchev–Trinajstić information content (AvgIpc) is 3.08. The molecule has 2 amide bonds. The van der Waals surface area contributed by atoms with Gasteiger partial charge >= 0.3 is 0 Å². The first kappa shape index (κ1) is 20.0. The van der Waals surface area contributed by atoms with E-state index >= 15 is 0 Å². The monoisotopic (exact) mass is 427 g/mol. The van der Waals surface area contributed by atoms with Gasteiger partial charge in [0.1, 0.15) is 22.9 Å². The van der Waals surface area contributed by atoms with Crippen molar-refractivity contribution in [3.05, 3.63) is 83.5 Å². The van der Waals surface area contributed by atoms with Crippen LogP contribution in [0.4, 0.5) is 18.9 Å². The molecule has 0 aliphatic carbocycles. The van der Waals surface area contributed by atoms with Crippen molar-refractivity contribution in [1.82, 2.24) is 4.98 Å². The number of hydrogen-bond acceptors (Lipinski definition) is 5. The fourth-order valence-electron chi connectivity index (χ4n) is 2.80. The lowest BCUT2D eigenvalue weighted by atomic mass is 10.2. The molecular weight excluding hydrogens is 415 g/mol. The molecule has 156 valence electrons. The maximum Gasteiger partial charge on any atom is 0.286 e. The molecule has 0 bridgehead atoms. The van der Waals surface area contributed by atoms with Crippen molar-refractivity contribution in [2.24, 2.45) is 5.73 Å². The van der Waals surface area contributed by atoms with E-state index in [1.54, 1.807) is 0 Å². The Kier molecular flexibility index (Phi) is 5.04. The molecule has 3 N–H and O–H groups in total. The Balaban J connectivity index is 1.57. The first-order chi connectivity index (χ1) is 14.8. The minimum Gasteiger partial charge on any atom is -0.449 e. The van der Waals surface area contributed by atoms with E-state index in [2.05, 4.69) is 10.3 Å². The van der Waals surface area contributed by atoms with Crippen molar-refractivity contribution < 1.29 is 31.9 Å². The molecule has 4 rings (SSSR count). The third-order valence-corrected chi connectivity index (χ3v) is 4.22. The molecule has 7 nitrogen and oxygen atoms in total. The van der Waals surface area contributed by atoms with E-state index in [4.69, 9.17) is 14.9 Å². The predicted molar refractivity (Wildman–Crippen MR) is 103 cm³/mol. The van der Waals surface area contributed by atoms with Crippen molar-refractivity contribution in [3.8, 4) is 11.6 Å². The van der Waals surface area contributed by atoms with Crippen LogP contribution in [-0.4, -0.2) is 16.8 Å². The number of nitrogens with one attached hydrogen (secondary N) is 1. The Hall–Kier alpha value is -4.34. The summed E-state index contributed by atoms with van der Waals surface area (Å²) in [6.45, 7) is 0. The lowest BCUT2D eigenvalue weighted by Crippen LogP contribution is -2.17. The number of nitrogens with two attached hydrogens (primary N) is 1. The lowest BCUT2D eigenvalue weighted by Gasteiger charge is -2.08. The van der Waals surface area contributed by atoms with Gasteiger partial charge in [-0.3, -0.25) is 9.59 Å². The molecule has 0 spiro atoms. The highest BCUT2D eigenvalue weighted by Crippen LogP contribution is 2.32. The SMILES string of the molecule is NC(=O)c1oc2ccc(F)cc2c1NC(=O)c1ccc(Oc2ccc(F)cc2F)nc1. The van der Waals surface area contributed by atoms with Gasteiger partial charge in [-0.25, -0.2) is 18.2 Å². The molecule has 4 aromatic rings. The van der Waals surface area contributed by atoms with Crippen LogP contribution in [0.5, 0.6) is 11.6 Å². The number of rotatable bonds is 5. The summed E-state index contributed by atoms with van der Waals surface area (Å²) in [5.41, 5.74) is 5.41. The summed E-state index contributed by atoms with van der Waals surface area (Å²) in [4.78, 5) is 28.2. The van der Waals surface area contributed by atoms with Crippen LogP contribution < -0.4 is 15.8 Å². The zero-order chi connectivity index (χ0) is 22.1. The van der Waals surface area contributed by atoms with Crippen LogP contribution in [-0.2, 0) is 0 Å². The largest absolute Gasteiger partial charge is 0.449 e. The number of pyridine rings is 1. The minimum atomic E-state index is -0.949.